The minimum Gasteiger partial charge on any atom is -0.208 e. The smallest absolute Gasteiger partial charge is 0.165 e. The van der Waals surface area contributed by atoms with Crippen LogP contribution in [0.3, 0.4) is 0 Å². The van der Waals surface area contributed by atoms with E-state index < -0.39 is 0 Å². The van der Waals surface area contributed by atoms with Crippen LogP contribution in [0.1, 0.15) is 0 Å². The van der Waals surface area contributed by atoms with Crippen LogP contribution < -0.4 is 0 Å². The maximum atomic E-state index is 5.46. The Morgan fingerprint density at radius 2 is 0.725 bits per heavy atom. The third-order valence-electron chi connectivity index (χ3n) is 13.9. The van der Waals surface area contributed by atoms with Crippen LogP contribution >= 0.6 is 11.3 Å². The first-order valence-electron chi connectivity index (χ1n) is 23.4. The molecule has 69 heavy (non-hydrogen) atoms. The van der Waals surface area contributed by atoms with E-state index in [9.17, 15) is 0 Å². The fraction of sp³-hybridized carbons (Fsp3) is 0. The van der Waals surface area contributed by atoms with Crippen molar-refractivity contribution >= 4 is 85.4 Å². The predicted octanol–water partition coefficient (Wildman–Crippen LogP) is 18.0. The number of hydrogen-bond donors (Lipinski definition) is 0. The highest BCUT2D eigenvalue weighted by atomic mass is 32.1. The Bertz CT molecular complexity index is 4320. The van der Waals surface area contributed by atoms with E-state index in [-0.39, 0.29) is 0 Å². The molecule has 14 aromatic rings. The summed E-state index contributed by atoms with van der Waals surface area (Å²) in [6.07, 6.45) is 0. The summed E-state index contributed by atoms with van der Waals surface area (Å²) in [7, 11) is 0. The molecule has 0 unspecified atom stereocenters. The Balaban J connectivity index is 1.00. The summed E-state index contributed by atoms with van der Waals surface area (Å²) < 4.78 is 2.40. The molecule has 12 aromatic carbocycles. The number of rotatable bonds is 6. The van der Waals surface area contributed by atoms with Crippen molar-refractivity contribution in [3.05, 3.63) is 237 Å². The van der Waals surface area contributed by atoms with Gasteiger partial charge in [-0.2, -0.15) is 0 Å². The minimum absolute atomic E-state index is 0.627. The molecule has 0 radical (unpaired) electrons. The molecule has 0 fully saturated rings. The van der Waals surface area contributed by atoms with Crippen LogP contribution in [0.25, 0.3) is 142 Å². The first-order chi connectivity index (χ1) is 34.2. The second kappa shape index (κ2) is 15.9. The summed E-state index contributed by atoms with van der Waals surface area (Å²) in [5.74, 6) is 1.91. The maximum absolute atomic E-state index is 5.46. The molecule has 0 aliphatic heterocycles. The molecule has 0 aliphatic carbocycles. The Morgan fingerprint density at radius 3 is 1.45 bits per heavy atom. The second-order valence-corrected chi connectivity index (χ2v) is 18.8. The van der Waals surface area contributed by atoms with Gasteiger partial charge in [0.05, 0.1) is 0 Å². The molecular weight excluding hydrogens is 855 g/mol. The average Bonchev–Trinajstić information content (AvgIpc) is 3.81. The van der Waals surface area contributed by atoms with Gasteiger partial charge in [-0.25, -0.2) is 15.0 Å². The number of fused-ring (bicyclic) bond motifs is 9. The van der Waals surface area contributed by atoms with E-state index in [0.29, 0.717) is 17.5 Å². The van der Waals surface area contributed by atoms with Crippen LogP contribution in [0, 0.1) is 0 Å². The van der Waals surface area contributed by atoms with Crippen LogP contribution in [-0.2, 0) is 0 Å². The van der Waals surface area contributed by atoms with Gasteiger partial charge in [-0.15, -0.1) is 11.3 Å². The predicted molar refractivity (Wildman–Crippen MR) is 293 cm³/mol. The topological polar surface area (TPSA) is 38.7 Å². The molecule has 320 valence electrons. The fourth-order valence-electron chi connectivity index (χ4n) is 10.8. The molecule has 14 rings (SSSR count). The third-order valence-corrected chi connectivity index (χ3v) is 15.1. The van der Waals surface area contributed by atoms with Gasteiger partial charge < -0.3 is 0 Å². The molecule has 0 saturated heterocycles. The number of thiophene rings is 1. The van der Waals surface area contributed by atoms with E-state index in [4.69, 9.17) is 15.0 Å². The summed E-state index contributed by atoms with van der Waals surface area (Å²) in [6.45, 7) is 0. The van der Waals surface area contributed by atoms with Crippen LogP contribution in [-0.4, -0.2) is 15.0 Å². The molecule has 0 aliphatic rings. The van der Waals surface area contributed by atoms with Gasteiger partial charge in [-0.3, -0.25) is 0 Å². The zero-order valence-electron chi connectivity index (χ0n) is 37.3. The lowest BCUT2D eigenvalue weighted by Crippen LogP contribution is -2.01. The van der Waals surface area contributed by atoms with Crippen LogP contribution in [0.15, 0.2) is 237 Å². The molecule has 4 heteroatoms. The molecule has 0 atom stereocenters. The lowest BCUT2D eigenvalue weighted by Gasteiger charge is -2.19. The molecular formula is C65H39N3S. The average molecular weight is 894 g/mol. The fourth-order valence-corrected chi connectivity index (χ4v) is 12.0. The minimum atomic E-state index is 0.627. The number of hydrogen-bond acceptors (Lipinski definition) is 4. The molecule has 2 heterocycles. The SMILES string of the molecule is c1ccc(-c2c3ccccc3c(-c3ccc(-c4nc(-c5cccc(-c6cc7ccccc7c7ccccc67)c5)nc(-c5cccc6c5sc5ccccc56)n4)c4ccccc34)c3ccccc23)cc1. The molecule has 0 saturated carbocycles. The van der Waals surface area contributed by atoms with E-state index in [1.165, 1.54) is 86.4 Å². The van der Waals surface area contributed by atoms with Crippen molar-refractivity contribution in [1.82, 2.24) is 15.0 Å². The maximum Gasteiger partial charge on any atom is 0.165 e. The van der Waals surface area contributed by atoms with Crippen molar-refractivity contribution in [3.63, 3.8) is 0 Å². The van der Waals surface area contributed by atoms with Gasteiger partial charge in [-0.1, -0.05) is 206 Å². The van der Waals surface area contributed by atoms with Crippen LogP contribution in [0.5, 0.6) is 0 Å². The Morgan fingerprint density at radius 1 is 0.246 bits per heavy atom. The highest BCUT2D eigenvalue weighted by molar-refractivity contribution is 7.26. The first kappa shape index (κ1) is 39.3. The summed E-state index contributed by atoms with van der Waals surface area (Å²) in [6, 6.07) is 85.3. The summed E-state index contributed by atoms with van der Waals surface area (Å²) in [5, 5.41) is 14.5. The Labute approximate surface area is 402 Å². The third kappa shape index (κ3) is 6.38. The molecule has 2 aromatic heterocycles. The normalized spacial score (nSPS) is 11.8. The lowest BCUT2D eigenvalue weighted by molar-refractivity contribution is 1.08. The molecule has 0 amide bonds. The summed E-state index contributed by atoms with van der Waals surface area (Å²) in [5.41, 5.74) is 10.0. The zero-order valence-corrected chi connectivity index (χ0v) is 38.1. The molecule has 0 N–H and O–H groups in total. The van der Waals surface area contributed by atoms with Crippen LogP contribution in [0.4, 0.5) is 0 Å². The van der Waals surface area contributed by atoms with E-state index in [1.54, 1.807) is 11.3 Å². The lowest BCUT2D eigenvalue weighted by atomic mass is 9.84. The summed E-state index contributed by atoms with van der Waals surface area (Å²) >= 11 is 1.79. The highest BCUT2D eigenvalue weighted by Gasteiger charge is 2.22. The van der Waals surface area contributed by atoms with Gasteiger partial charge in [0, 0.05) is 36.9 Å². The number of aromatic nitrogens is 3. The van der Waals surface area contributed by atoms with Crippen molar-refractivity contribution in [2.75, 3.05) is 0 Å². The standard InChI is InChI=1S/C65H39N3S/c1-2-18-40(19-3-1)60-50-29-10-12-31-52(50)61(53-32-13-11-30-51(53)60)54-36-37-56(47-26-8-7-25-46(47)54)64-66-63(67-65(68-64)57-34-17-33-55-49-28-14-15-35-59(49)69-62(55)57)43-22-16-21-41(38-43)58-39-42-20-4-5-23-44(42)45-24-6-9-27-48(45)58/h1-39H. The van der Waals surface area contributed by atoms with Crippen molar-refractivity contribution in [2.45, 2.75) is 0 Å². The van der Waals surface area contributed by atoms with E-state index in [0.717, 1.165) is 37.7 Å². The second-order valence-electron chi connectivity index (χ2n) is 17.8. The van der Waals surface area contributed by atoms with Gasteiger partial charge in [0.25, 0.3) is 0 Å². The monoisotopic (exact) mass is 893 g/mol. The Kier molecular flexibility index (Phi) is 9.07. The molecule has 3 nitrogen and oxygen atoms in total. The van der Waals surface area contributed by atoms with Crippen molar-refractivity contribution in [2.24, 2.45) is 0 Å². The zero-order chi connectivity index (χ0) is 45.4. The van der Waals surface area contributed by atoms with Gasteiger partial charge >= 0.3 is 0 Å². The van der Waals surface area contributed by atoms with Crippen molar-refractivity contribution in [3.8, 4) is 67.5 Å². The van der Waals surface area contributed by atoms with Crippen LogP contribution in [0.2, 0.25) is 0 Å². The van der Waals surface area contributed by atoms with Crippen molar-refractivity contribution < 1.29 is 0 Å². The summed E-state index contributed by atoms with van der Waals surface area (Å²) in [4.78, 5) is 16.3. The Hall–Kier alpha value is -8.83. The first-order valence-corrected chi connectivity index (χ1v) is 24.2. The molecule has 0 bridgehead atoms. The van der Waals surface area contributed by atoms with Crippen molar-refractivity contribution in [1.29, 1.82) is 0 Å². The number of nitrogens with zero attached hydrogens (tertiary/aromatic N) is 3. The van der Waals surface area contributed by atoms with Gasteiger partial charge in [0.1, 0.15) is 0 Å². The van der Waals surface area contributed by atoms with E-state index >= 15 is 0 Å². The quantitative estimate of drug-likeness (QED) is 0.123. The van der Waals surface area contributed by atoms with Gasteiger partial charge in [-0.05, 0) is 118 Å². The van der Waals surface area contributed by atoms with Gasteiger partial charge in [0.2, 0.25) is 0 Å². The largest absolute Gasteiger partial charge is 0.208 e. The van der Waals surface area contributed by atoms with Gasteiger partial charge in [0.15, 0.2) is 17.5 Å². The van der Waals surface area contributed by atoms with E-state index in [1.807, 2.05) is 0 Å². The molecule has 0 spiro atoms. The van der Waals surface area contributed by atoms with E-state index in [2.05, 4.69) is 237 Å². The highest BCUT2D eigenvalue weighted by Crippen LogP contribution is 2.47. The number of benzene rings is 12.